The number of amides is 1. The Morgan fingerprint density at radius 1 is 1.03 bits per heavy atom. The molecule has 0 fully saturated rings. The number of ether oxygens (including phenoxy) is 1. The molecule has 0 aliphatic carbocycles. The first-order chi connectivity index (χ1) is 16.0. The lowest BCUT2D eigenvalue weighted by molar-refractivity contribution is -0.137. The molecule has 0 atom stereocenters. The molecule has 0 radical (unpaired) electrons. The van der Waals surface area contributed by atoms with Crippen molar-refractivity contribution in [2.75, 3.05) is 22.8 Å². The van der Waals surface area contributed by atoms with Gasteiger partial charge in [0.15, 0.2) is 0 Å². The summed E-state index contributed by atoms with van der Waals surface area (Å²) in [6, 6.07) is 16.3. The highest BCUT2D eigenvalue weighted by atomic mass is 35.5. The first-order valence-electron chi connectivity index (χ1n) is 9.99. The van der Waals surface area contributed by atoms with E-state index < -0.39 is 39.9 Å². The summed E-state index contributed by atoms with van der Waals surface area (Å²) in [6.07, 6.45) is -4.78. The largest absolute Gasteiger partial charge is 0.494 e. The Bertz CT molecular complexity index is 1250. The molecular formula is C23H20ClF3N2O4S. The molecule has 1 N–H and O–H groups in total. The highest BCUT2D eigenvalue weighted by Gasteiger charge is 2.35. The van der Waals surface area contributed by atoms with E-state index >= 15 is 0 Å². The number of benzene rings is 3. The quantitative estimate of drug-likeness (QED) is 0.427. The van der Waals surface area contributed by atoms with Gasteiger partial charge in [0.1, 0.15) is 12.3 Å². The van der Waals surface area contributed by atoms with Crippen molar-refractivity contribution < 1.29 is 31.1 Å². The molecule has 34 heavy (non-hydrogen) atoms. The molecule has 3 rings (SSSR count). The Morgan fingerprint density at radius 2 is 1.68 bits per heavy atom. The fourth-order valence-electron chi connectivity index (χ4n) is 3.09. The van der Waals surface area contributed by atoms with Gasteiger partial charge in [0, 0.05) is 5.02 Å². The number of hydrogen-bond acceptors (Lipinski definition) is 4. The zero-order valence-electron chi connectivity index (χ0n) is 17.8. The van der Waals surface area contributed by atoms with Crippen molar-refractivity contribution in [3.05, 3.63) is 83.4 Å². The van der Waals surface area contributed by atoms with E-state index in [0.29, 0.717) is 18.4 Å². The summed E-state index contributed by atoms with van der Waals surface area (Å²) in [6.45, 7) is 1.41. The predicted molar refractivity (Wildman–Crippen MR) is 124 cm³/mol. The van der Waals surface area contributed by atoms with Gasteiger partial charge in [0.05, 0.1) is 28.4 Å². The van der Waals surface area contributed by atoms with Gasteiger partial charge >= 0.3 is 6.18 Å². The van der Waals surface area contributed by atoms with E-state index in [0.717, 1.165) is 10.4 Å². The lowest BCUT2D eigenvalue weighted by atomic mass is 10.1. The zero-order valence-corrected chi connectivity index (χ0v) is 19.4. The van der Waals surface area contributed by atoms with Gasteiger partial charge in [-0.1, -0.05) is 29.8 Å². The number of sulfonamides is 1. The summed E-state index contributed by atoms with van der Waals surface area (Å²) < 4.78 is 73.0. The van der Waals surface area contributed by atoms with E-state index in [2.05, 4.69) is 5.32 Å². The minimum atomic E-state index is -4.78. The maximum absolute atomic E-state index is 13.4. The van der Waals surface area contributed by atoms with Gasteiger partial charge in [-0.25, -0.2) is 8.42 Å². The number of carbonyl (C=O) groups is 1. The third-order valence-electron chi connectivity index (χ3n) is 4.62. The van der Waals surface area contributed by atoms with Gasteiger partial charge in [0.25, 0.3) is 10.0 Å². The Balaban J connectivity index is 1.93. The van der Waals surface area contributed by atoms with E-state index in [9.17, 15) is 26.4 Å². The second kappa shape index (κ2) is 10.4. The number of nitrogens with zero attached hydrogens (tertiary/aromatic N) is 1. The number of anilines is 2. The number of carbonyl (C=O) groups excluding carboxylic acids is 1. The van der Waals surface area contributed by atoms with Crippen LogP contribution in [0.1, 0.15) is 12.5 Å². The number of halogens is 4. The maximum Gasteiger partial charge on any atom is 0.418 e. The average molecular weight is 513 g/mol. The SMILES string of the molecule is CCOc1ccc(S(=O)(=O)N(CC(=O)Nc2ccc(Cl)cc2C(F)(F)F)c2ccccc2)cc1. The highest BCUT2D eigenvalue weighted by Crippen LogP contribution is 2.36. The fourth-order valence-corrected chi connectivity index (χ4v) is 4.68. The van der Waals surface area contributed by atoms with Crippen LogP contribution in [-0.4, -0.2) is 27.5 Å². The molecule has 3 aromatic carbocycles. The molecule has 0 saturated carbocycles. The van der Waals surface area contributed by atoms with Crippen LogP contribution in [0.25, 0.3) is 0 Å². The molecule has 0 saturated heterocycles. The summed E-state index contributed by atoms with van der Waals surface area (Å²) >= 11 is 5.67. The third-order valence-corrected chi connectivity index (χ3v) is 6.64. The number of alkyl halides is 3. The Hall–Kier alpha value is -3.24. The number of para-hydroxylation sites is 1. The van der Waals surface area contributed by atoms with Crippen molar-refractivity contribution in [3.8, 4) is 5.75 Å². The minimum absolute atomic E-state index is 0.116. The predicted octanol–water partition coefficient (Wildman–Crippen LogP) is 5.59. The van der Waals surface area contributed by atoms with Crippen LogP contribution in [0, 0.1) is 0 Å². The molecule has 0 heterocycles. The van der Waals surface area contributed by atoms with E-state index in [1.165, 1.54) is 42.5 Å². The van der Waals surface area contributed by atoms with Gasteiger partial charge in [-0.3, -0.25) is 9.10 Å². The number of hydrogen-bond donors (Lipinski definition) is 1. The second-order valence-corrected chi connectivity index (χ2v) is 9.29. The van der Waals surface area contributed by atoms with E-state index in [1.54, 1.807) is 25.1 Å². The smallest absolute Gasteiger partial charge is 0.418 e. The first kappa shape index (κ1) is 25.4. The van der Waals surface area contributed by atoms with Crippen LogP contribution in [0.5, 0.6) is 5.75 Å². The minimum Gasteiger partial charge on any atom is -0.494 e. The summed E-state index contributed by atoms with van der Waals surface area (Å²) in [5, 5.41) is 1.99. The van der Waals surface area contributed by atoms with Crippen molar-refractivity contribution >= 4 is 38.9 Å². The van der Waals surface area contributed by atoms with E-state index in [4.69, 9.17) is 16.3 Å². The lowest BCUT2D eigenvalue weighted by Crippen LogP contribution is -2.38. The number of nitrogens with one attached hydrogen (secondary N) is 1. The molecule has 0 unspecified atom stereocenters. The Kier molecular flexibility index (Phi) is 7.73. The monoisotopic (exact) mass is 512 g/mol. The van der Waals surface area contributed by atoms with Crippen LogP contribution in [0.4, 0.5) is 24.5 Å². The summed E-state index contributed by atoms with van der Waals surface area (Å²) in [5.74, 6) is -0.501. The Morgan fingerprint density at radius 3 is 2.26 bits per heavy atom. The first-order valence-corrected chi connectivity index (χ1v) is 11.8. The summed E-state index contributed by atoms with van der Waals surface area (Å²) in [5.41, 5.74) is -1.51. The third kappa shape index (κ3) is 6.00. The second-order valence-electron chi connectivity index (χ2n) is 6.99. The van der Waals surface area contributed by atoms with Crippen LogP contribution in [0.15, 0.2) is 77.7 Å². The fraction of sp³-hybridized carbons (Fsp3) is 0.174. The molecule has 1 amide bonds. The maximum atomic E-state index is 13.4. The van der Waals surface area contributed by atoms with Crippen LogP contribution in [0.2, 0.25) is 5.02 Å². The van der Waals surface area contributed by atoms with Crippen LogP contribution in [0.3, 0.4) is 0 Å². The van der Waals surface area contributed by atoms with Gasteiger partial charge in [-0.2, -0.15) is 13.2 Å². The van der Waals surface area contributed by atoms with Crippen molar-refractivity contribution in [2.45, 2.75) is 18.0 Å². The standard InChI is InChI=1S/C23H20ClF3N2O4S/c1-2-33-18-9-11-19(12-10-18)34(31,32)29(17-6-4-3-5-7-17)15-22(30)28-21-13-8-16(24)14-20(21)23(25,26)27/h3-14H,2,15H2,1H3,(H,28,30). The van der Waals surface area contributed by atoms with Gasteiger partial charge in [-0.15, -0.1) is 0 Å². The van der Waals surface area contributed by atoms with Crippen LogP contribution >= 0.6 is 11.6 Å². The number of rotatable bonds is 8. The molecule has 0 spiro atoms. The average Bonchev–Trinajstić information content (AvgIpc) is 2.79. The summed E-state index contributed by atoms with van der Waals surface area (Å²) in [7, 11) is -4.24. The van der Waals surface area contributed by atoms with Crippen molar-refractivity contribution in [1.82, 2.24) is 0 Å². The molecule has 180 valence electrons. The lowest BCUT2D eigenvalue weighted by Gasteiger charge is -2.24. The molecular weight excluding hydrogens is 493 g/mol. The molecule has 3 aromatic rings. The summed E-state index contributed by atoms with van der Waals surface area (Å²) in [4.78, 5) is 12.6. The molecule has 0 bridgehead atoms. The van der Waals surface area contributed by atoms with Crippen LogP contribution in [-0.2, 0) is 21.0 Å². The van der Waals surface area contributed by atoms with Gasteiger partial charge in [-0.05, 0) is 61.5 Å². The molecule has 0 aliphatic heterocycles. The van der Waals surface area contributed by atoms with E-state index in [1.807, 2.05) is 0 Å². The molecule has 0 aliphatic rings. The molecule has 6 nitrogen and oxygen atoms in total. The van der Waals surface area contributed by atoms with Crippen molar-refractivity contribution in [3.63, 3.8) is 0 Å². The van der Waals surface area contributed by atoms with Gasteiger partial charge in [0.2, 0.25) is 5.91 Å². The van der Waals surface area contributed by atoms with Gasteiger partial charge < -0.3 is 10.1 Å². The highest BCUT2D eigenvalue weighted by molar-refractivity contribution is 7.92. The van der Waals surface area contributed by atoms with Crippen molar-refractivity contribution in [2.24, 2.45) is 0 Å². The normalized spacial score (nSPS) is 11.7. The zero-order chi connectivity index (χ0) is 24.9. The molecule has 0 aromatic heterocycles. The van der Waals surface area contributed by atoms with Crippen molar-refractivity contribution in [1.29, 1.82) is 0 Å². The topological polar surface area (TPSA) is 75.7 Å². The molecule has 11 heteroatoms. The van der Waals surface area contributed by atoms with Crippen LogP contribution < -0.4 is 14.4 Å². The Labute approximate surface area is 200 Å². The van der Waals surface area contributed by atoms with E-state index in [-0.39, 0.29) is 15.6 Å².